The van der Waals surface area contributed by atoms with Crippen molar-refractivity contribution in [2.24, 2.45) is 0 Å². The Morgan fingerprint density at radius 2 is 1.81 bits per heavy atom. The van der Waals surface area contributed by atoms with Gasteiger partial charge >= 0.3 is 0 Å². The molecule has 0 N–H and O–H groups in total. The van der Waals surface area contributed by atoms with Crippen LogP contribution < -0.4 is 4.74 Å². The first kappa shape index (κ1) is 19.3. The SMILES string of the molecule is [2H]C(CCC)C(=C=Cc1ccccc1C#C[Si](C)(C)C)c1ccc(OC)cc1. The Morgan fingerprint density at radius 3 is 2.44 bits per heavy atom. The number of rotatable bonds is 6. The summed E-state index contributed by atoms with van der Waals surface area (Å²) in [7, 11) is 0.221. The molecule has 0 saturated carbocycles. The summed E-state index contributed by atoms with van der Waals surface area (Å²) in [5.41, 5.74) is 10.8. The summed E-state index contributed by atoms with van der Waals surface area (Å²) in [4.78, 5) is 0. The van der Waals surface area contributed by atoms with Gasteiger partial charge in [0.15, 0.2) is 0 Å². The second-order valence-electron chi connectivity index (χ2n) is 7.51. The molecule has 2 aromatic rings. The molecule has 1 unspecified atom stereocenters. The number of hydrogen-bond donors (Lipinski definition) is 0. The van der Waals surface area contributed by atoms with Crippen molar-refractivity contribution < 1.29 is 6.11 Å². The zero-order chi connectivity index (χ0) is 20.6. The standard InChI is InChI=1S/C25H30OSi/c1-6-7-10-21(24-15-17-25(26-2)18-16-24)13-14-22-11-8-9-12-23(22)19-20-27(3,4)5/h8-9,11-12,14-18H,6-7,10H2,1-5H3/i10D. The lowest BCUT2D eigenvalue weighted by atomic mass is 10.00. The summed E-state index contributed by atoms with van der Waals surface area (Å²) in [6, 6.07) is 16.0. The largest absolute Gasteiger partial charge is 0.497 e. The van der Waals surface area contributed by atoms with Gasteiger partial charge in [0.2, 0.25) is 0 Å². The van der Waals surface area contributed by atoms with Gasteiger partial charge in [-0.25, -0.2) is 0 Å². The van der Waals surface area contributed by atoms with E-state index in [2.05, 4.69) is 55.9 Å². The van der Waals surface area contributed by atoms with Crippen molar-refractivity contribution in [1.29, 1.82) is 0 Å². The first-order valence-electron chi connectivity index (χ1n) is 10.1. The van der Waals surface area contributed by atoms with Crippen LogP contribution in [0.25, 0.3) is 11.6 Å². The summed E-state index contributed by atoms with van der Waals surface area (Å²) >= 11 is 0. The molecule has 2 rings (SSSR count). The molecule has 2 heteroatoms. The molecule has 2 aromatic carbocycles. The number of hydrogen-bond acceptors (Lipinski definition) is 1. The van der Waals surface area contributed by atoms with Gasteiger partial charge in [0, 0.05) is 12.5 Å². The normalized spacial score (nSPS) is 12.1. The third kappa shape index (κ3) is 6.98. The Labute approximate surface area is 167 Å². The molecule has 0 fully saturated rings. The van der Waals surface area contributed by atoms with Crippen LogP contribution >= 0.6 is 0 Å². The molecule has 0 aromatic heterocycles. The quantitative estimate of drug-likeness (QED) is 0.306. The van der Waals surface area contributed by atoms with E-state index in [1.165, 1.54) is 0 Å². The second-order valence-corrected chi connectivity index (χ2v) is 12.3. The fourth-order valence-corrected chi connectivity index (χ4v) is 2.98. The van der Waals surface area contributed by atoms with E-state index in [0.29, 0.717) is 0 Å². The van der Waals surface area contributed by atoms with Crippen LogP contribution in [-0.4, -0.2) is 15.2 Å². The van der Waals surface area contributed by atoms with Gasteiger partial charge in [-0.1, -0.05) is 69.2 Å². The van der Waals surface area contributed by atoms with Crippen molar-refractivity contribution in [3.63, 3.8) is 0 Å². The molecule has 1 atom stereocenters. The summed E-state index contributed by atoms with van der Waals surface area (Å²) in [5, 5.41) is 0. The average Bonchev–Trinajstić information content (AvgIpc) is 2.67. The van der Waals surface area contributed by atoms with Gasteiger partial charge in [-0.05, 0) is 48.2 Å². The smallest absolute Gasteiger partial charge is 0.129 e. The molecular formula is C25H30OSi. The minimum Gasteiger partial charge on any atom is -0.497 e. The summed E-state index contributed by atoms with van der Waals surface area (Å²) in [6.45, 7) is 8.85. The first-order valence-corrected chi connectivity index (χ1v) is 13.0. The molecule has 140 valence electrons. The zero-order valence-electron chi connectivity index (χ0n) is 18.1. The molecule has 27 heavy (non-hydrogen) atoms. The van der Waals surface area contributed by atoms with Gasteiger partial charge in [0.1, 0.15) is 13.8 Å². The van der Waals surface area contributed by atoms with E-state index in [1.54, 1.807) is 7.11 Å². The highest BCUT2D eigenvalue weighted by Gasteiger charge is 2.08. The number of allylic oxidation sites excluding steroid dienone is 1. The van der Waals surface area contributed by atoms with Crippen LogP contribution in [0.4, 0.5) is 0 Å². The Balaban J connectivity index is 2.51. The Bertz CT molecular complexity index is 904. The lowest BCUT2D eigenvalue weighted by molar-refractivity contribution is 0.415. The van der Waals surface area contributed by atoms with Crippen molar-refractivity contribution >= 4 is 19.7 Å². The highest BCUT2D eigenvalue weighted by Crippen LogP contribution is 2.23. The molecule has 0 radical (unpaired) electrons. The van der Waals surface area contributed by atoms with Crippen LogP contribution in [0, 0.1) is 11.5 Å². The lowest BCUT2D eigenvalue weighted by Crippen LogP contribution is -2.16. The van der Waals surface area contributed by atoms with E-state index in [9.17, 15) is 0 Å². The molecule has 1 nitrogen and oxygen atoms in total. The predicted octanol–water partition coefficient (Wildman–Crippen LogP) is 6.81. The Hall–Kier alpha value is -2.46. The lowest BCUT2D eigenvalue weighted by Gasteiger charge is -2.06. The number of benzene rings is 2. The van der Waals surface area contributed by atoms with E-state index in [4.69, 9.17) is 6.11 Å². The molecule has 0 heterocycles. The van der Waals surface area contributed by atoms with E-state index in [1.807, 2.05) is 42.5 Å². The van der Waals surface area contributed by atoms with Crippen LogP contribution in [0.5, 0.6) is 5.75 Å². The van der Waals surface area contributed by atoms with Crippen molar-refractivity contribution in [3.05, 3.63) is 71.0 Å². The van der Waals surface area contributed by atoms with Crippen LogP contribution in [0.1, 0.15) is 44.2 Å². The van der Waals surface area contributed by atoms with Gasteiger partial charge in [-0.3, -0.25) is 0 Å². The topological polar surface area (TPSA) is 9.23 Å². The number of ether oxygens (including phenoxy) is 1. The third-order valence-electron chi connectivity index (χ3n) is 3.95. The fraction of sp³-hybridized carbons (Fsp3) is 0.320. The highest BCUT2D eigenvalue weighted by atomic mass is 28.3. The maximum Gasteiger partial charge on any atom is 0.129 e. The summed E-state index contributed by atoms with van der Waals surface area (Å²) in [5.74, 6) is 4.17. The van der Waals surface area contributed by atoms with Gasteiger partial charge in [-0.15, -0.1) is 11.3 Å². The van der Waals surface area contributed by atoms with E-state index < -0.39 is 8.07 Å². The van der Waals surface area contributed by atoms with Crippen molar-refractivity contribution in [1.82, 2.24) is 0 Å². The first-order chi connectivity index (χ1) is 13.3. The van der Waals surface area contributed by atoms with Crippen LogP contribution in [0.15, 0.2) is 54.3 Å². The van der Waals surface area contributed by atoms with Crippen molar-refractivity contribution in [3.8, 4) is 17.2 Å². The van der Waals surface area contributed by atoms with E-state index in [-0.39, 0.29) is 6.40 Å². The average molecular weight is 376 g/mol. The molecule has 0 aliphatic carbocycles. The molecule has 0 bridgehead atoms. The molecule has 0 spiro atoms. The van der Waals surface area contributed by atoms with Crippen LogP contribution in [-0.2, 0) is 0 Å². The predicted molar refractivity (Wildman–Crippen MR) is 121 cm³/mol. The van der Waals surface area contributed by atoms with Gasteiger partial charge in [0.25, 0.3) is 0 Å². The van der Waals surface area contributed by atoms with Gasteiger partial charge in [-0.2, -0.15) is 0 Å². The highest BCUT2D eigenvalue weighted by molar-refractivity contribution is 6.83. The molecule has 0 aliphatic rings. The van der Waals surface area contributed by atoms with Gasteiger partial charge in [0.05, 0.1) is 7.11 Å². The number of methoxy groups -OCH3 is 1. The zero-order valence-corrected chi connectivity index (χ0v) is 18.1. The minimum absolute atomic E-state index is 0.310. The summed E-state index contributed by atoms with van der Waals surface area (Å²) in [6.07, 6.45) is 3.44. The maximum absolute atomic E-state index is 8.57. The molecule has 0 amide bonds. The van der Waals surface area contributed by atoms with E-state index in [0.717, 1.165) is 40.9 Å². The Kier molecular flexibility index (Phi) is 7.17. The van der Waals surface area contributed by atoms with Crippen molar-refractivity contribution in [2.45, 2.75) is 45.8 Å². The van der Waals surface area contributed by atoms with Crippen molar-refractivity contribution in [2.75, 3.05) is 7.11 Å². The summed E-state index contributed by atoms with van der Waals surface area (Å²) < 4.78 is 13.8. The van der Waals surface area contributed by atoms with E-state index >= 15 is 0 Å². The Morgan fingerprint density at radius 1 is 1.11 bits per heavy atom. The maximum atomic E-state index is 8.57. The third-order valence-corrected chi connectivity index (χ3v) is 4.83. The molecule has 0 aliphatic heterocycles. The molecule has 0 saturated heterocycles. The van der Waals surface area contributed by atoms with Gasteiger partial charge < -0.3 is 4.74 Å². The van der Waals surface area contributed by atoms with Crippen LogP contribution in [0.3, 0.4) is 0 Å². The fourth-order valence-electron chi connectivity index (χ4n) is 2.47. The van der Waals surface area contributed by atoms with Crippen LogP contribution in [0.2, 0.25) is 19.6 Å². The monoisotopic (exact) mass is 375 g/mol. The molecular weight excluding hydrogens is 344 g/mol. The minimum atomic E-state index is -1.44. The second kappa shape index (κ2) is 10.0.